The molecule has 13 heavy (non-hydrogen) atoms. The molecule has 0 aliphatic rings. The maximum absolute atomic E-state index is 5.68. The zero-order valence-corrected chi connectivity index (χ0v) is 10.1. The number of hydrogen-bond acceptors (Lipinski definition) is 2. The van der Waals surface area contributed by atoms with Crippen molar-refractivity contribution >= 4 is 21.6 Å². The molecule has 0 aromatic heterocycles. The van der Waals surface area contributed by atoms with Crippen LogP contribution < -0.4 is 10.5 Å². The second-order valence-corrected chi connectivity index (χ2v) is 3.22. The van der Waals surface area contributed by atoms with Crippen LogP contribution in [0.2, 0.25) is 0 Å². The molecule has 0 aliphatic carbocycles. The van der Waals surface area contributed by atoms with E-state index >= 15 is 0 Å². The number of ether oxygens (including phenoxy) is 1. The molecule has 0 radical (unpaired) electrons. The molecule has 0 heterocycles. The molecule has 0 spiro atoms. The zero-order chi connectivity index (χ0) is 10.4. The first kappa shape index (κ1) is 12.3. The van der Waals surface area contributed by atoms with Gasteiger partial charge in [0.15, 0.2) is 5.75 Å². The summed E-state index contributed by atoms with van der Waals surface area (Å²) >= 11 is 3.35. The molecule has 1 aromatic rings. The van der Waals surface area contributed by atoms with E-state index in [2.05, 4.69) is 15.9 Å². The normalized spacial score (nSPS) is 8.69. The van der Waals surface area contributed by atoms with Crippen molar-refractivity contribution in [2.45, 2.75) is 20.8 Å². The van der Waals surface area contributed by atoms with Crippen LogP contribution >= 0.6 is 15.9 Å². The molecule has 0 aliphatic heterocycles. The highest BCUT2D eigenvalue weighted by Crippen LogP contribution is 2.31. The lowest BCUT2D eigenvalue weighted by Gasteiger charge is -2.07. The fourth-order valence-electron chi connectivity index (χ4n) is 0.971. The Morgan fingerprint density at radius 1 is 1.31 bits per heavy atom. The number of anilines is 1. The Morgan fingerprint density at radius 2 is 1.85 bits per heavy atom. The smallest absolute Gasteiger partial charge is 0.155 e. The van der Waals surface area contributed by atoms with E-state index in [1.165, 1.54) is 0 Å². The Labute approximate surface area is 88.2 Å². The summed E-state index contributed by atoms with van der Waals surface area (Å²) in [4.78, 5) is 0. The first-order valence-corrected chi connectivity index (χ1v) is 5.04. The van der Waals surface area contributed by atoms with Gasteiger partial charge in [0.2, 0.25) is 0 Å². The first-order chi connectivity index (χ1) is 6.15. The molecule has 0 saturated carbocycles. The van der Waals surface area contributed by atoms with E-state index in [0.29, 0.717) is 11.4 Å². The third-order valence-electron chi connectivity index (χ3n) is 1.42. The van der Waals surface area contributed by atoms with Gasteiger partial charge in [0.1, 0.15) is 0 Å². The molecule has 0 atom stereocenters. The summed E-state index contributed by atoms with van der Waals surface area (Å²) in [6.07, 6.45) is 0. The van der Waals surface area contributed by atoms with Gasteiger partial charge >= 0.3 is 0 Å². The van der Waals surface area contributed by atoms with E-state index in [0.717, 1.165) is 10.0 Å². The molecule has 2 N–H and O–H groups in total. The SMILES string of the molecule is CC.COc1c(N)cc(C)cc1Br. The molecule has 1 aromatic carbocycles. The quantitative estimate of drug-likeness (QED) is 0.771. The van der Waals surface area contributed by atoms with Crippen LogP contribution in [0.25, 0.3) is 0 Å². The molecule has 0 saturated heterocycles. The number of rotatable bonds is 1. The van der Waals surface area contributed by atoms with E-state index in [4.69, 9.17) is 10.5 Å². The zero-order valence-electron chi connectivity index (χ0n) is 8.52. The summed E-state index contributed by atoms with van der Waals surface area (Å²) < 4.78 is 5.96. The molecular weight excluding hydrogens is 230 g/mol. The Morgan fingerprint density at radius 3 is 2.23 bits per heavy atom. The van der Waals surface area contributed by atoms with Gasteiger partial charge in [-0.15, -0.1) is 0 Å². The van der Waals surface area contributed by atoms with Crippen molar-refractivity contribution in [3.63, 3.8) is 0 Å². The van der Waals surface area contributed by atoms with Crippen LogP contribution in [-0.4, -0.2) is 7.11 Å². The van der Waals surface area contributed by atoms with Crippen LogP contribution in [0.15, 0.2) is 16.6 Å². The van der Waals surface area contributed by atoms with Crippen molar-refractivity contribution in [3.05, 3.63) is 22.2 Å². The molecular formula is C10H16BrNO. The summed E-state index contributed by atoms with van der Waals surface area (Å²) in [5.74, 6) is 0.704. The van der Waals surface area contributed by atoms with Gasteiger partial charge in [-0.05, 0) is 40.5 Å². The standard InChI is InChI=1S/C8H10BrNO.C2H6/c1-5-3-6(9)8(11-2)7(10)4-5;1-2/h3-4H,10H2,1-2H3;1-2H3. The van der Waals surface area contributed by atoms with E-state index < -0.39 is 0 Å². The maximum atomic E-state index is 5.68. The average Bonchev–Trinajstić information content (AvgIpc) is 2.07. The van der Waals surface area contributed by atoms with Crippen molar-refractivity contribution in [1.29, 1.82) is 0 Å². The van der Waals surface area contributed by atoms with E-state index in [9.17, 15) is 0 Å². The molecule has 1 rings (SSSR count). The largest absolute Gasteiger partial charge is 0.493 e. The second kappa shape index (κ2) is 5.86. The van der Waals surface area contributed by atoms with Crippen LogP contribution in [0.5, 0.6) is 5.75 Å². The Balaban J connectivity index is 0.000000671. The molecule has 0 bridgehead atoms. The fraction of sp³-hybridized carbons (Fsp3) is 0.400. The highest BCUT2D eigenvalue weighted by molar-refractivity contribution is 9.10. The fourth-order valence-corrected chi connectivity index (χ4v) is 1.72. The number of methoxy groups -OCH3 is 1. The van der Waals surface area contributed by atoms with Crippen molar-refractivity contribution in [2.75, 3.05) is 12.8 Å². The predicted molar refractivity (Wildman–Crippen MR) is 61.2 cm³/mol. The molecule has 3 heteroatoms. The van der Waals surface area contributed by atoms with Gasteiger partial charge in [-0.1, -0.05) is 13.8 Å². The maximum Gasteiger partial charge on any atom is 0.155 e. The van der Waals surface area contributed by atoms with E-state index in [1.807, 2.05) is 32.9 Å². The first-order valence-electron chi connectivity index (χ1n) is 4.24. The van der Waals surface area contributed by atoms with Crippen molar-refractivity contribution in [1.82, 2.24) is 0 Å². The van der Waals surface area contributed by atoms with Gasteiger partial charge in [-0.25, -0.2) is 0 Å². The van der Waals surface area contributed by atoms with Gasteiger partial charge in [-0.3, -0.25) is 0 Å². The van der Waals surface area contributed by atoms with Gasteiger partial charge < -0.3 is 10.5 Å². The highest BCUT2D eigenvalue weighted by Gasteiger charge is 2.03. The van der Waals surface area contributed by atoms with Crippen LogP contribution in [0.4, 0.5) is 5.69 Å². The van der Waals surface area contributed by atoms with Crippen molar-refractivity contribution in [3.8, 4) is 5.75 Å². The van der Waals surface area contributed by atoms with Gasteiger partial charge in [0.05, 0.1) is 17.3 Å². The highest BCUT2D eigenvalue weighted by atomic mass is 79.9. The lowest BCUT2D eigenvalue weighted by molar-refractivity contribution is 0.414. The summed E-state index contributed by atoms with van der Waals surface area (Å²) in [5, 5.41) is 0. The minimum absolute atomic E-state index is 0.666. The summed E-state index contributed by atoms with van der Waals surface area (Å²) in [5.41, 5.74) is 7.46. The number of nitrogen functional groups attached to an aromatic ring is 1. The number of hydrogen-bond donors (Lipinski definition) is 1. The third-order valence-corrected chi connectivity index (χ3v) is 2.01. The number of halogens is 1. The van der Waals surface area contributed by atoms with E-state index in [-0.39, 0.29) is 0 Å². The lowest BCUT2D eigenvalue weighted by atomic mass is 10.2. The minimum Gasteiger partial charge on any atom is -0.493 e. The van der Waals surface area contributed by atoms with Crippen LogP contribution in [0, 0.1) is 6.92 Å². The summed E-state index contributed by atoms with van der Waals surface area (Å²) in [6.45, 7) is 5.99. The average molecular weight is 246 g/mol. The summed E-state index contributed by atoms with van der Waals surface area (Å²) in [6, 6.07) is 3.85. The van der Waals surface area contributed by atoms with Gasteiger partial charge in [0.25, 0.3) is 0 Å². The van der Waals surface area contributed by atoms with Crippen molar-refractivity contribution < 1.29 is 4.74 Å². The number of aryl methyl sites for hydroxylation is 1. The number of benzene rings is 1. The van der Waals surface area contributed by atoms with Gasteiger partial charge in [0, 0.05) is 0 Å². The Bertz CT molecular complexity index is 251. The number of nitrogens with two attached hydrogens (primary N) is 1. The lowest BCUT2D eigenvalue weighted by Crippen LogP contribution is -1.93. The van der Waals surface area contributed by atoms with Crippen molar-refractivity contribution in [2.24, 2.45) is 0 Å². The molecule has 74 valence electrons. The summed E-state index contributed by atoms with van der Waals surface area (Å²) in [7, 11) is 1.60. The van der Waals surface area contributed by atoms with Crippen LogP contribution in [0.3, 0.4) is 0 Å². The second-order valence-electron chi connectivity index (χ2n) is 2.37. The molecule has 2 nitrogen and oxygen atoms in total. The molecule has 0 fully saturated rings. The topological polar surface area (TPSA) is 35.2 Å². The minimum atomic E-state index is 0.666. The monoisotopic (exact) mass is 245 g/mol. The Hall–Kier alpha value is -0.700. The van der Waals surface area contributed by atoms with Crippen LogP contribution in [-0.2, 0) is 0 Å². The predicted octanol–water partition coefficient (Wildman–Crippen LogP) is 3.37. The molecule has 0 unspecified atom stereocenters. The van der Waals surface area contributed by atoms with E-state index in [1.54, 1.807) is 7.11 Å². The molecule has 0 amide bonds. The van der Waals surface area contributed by atoms with Gasteiger partial charge in [-0.2, -0.15) is 0 Å². The Kier molecular flexibility index (Phi) is 5.55. The third kappa shape index (κ3) is 3.27. The van der Waals surface area contributed by atoms with Crippen LogP contribution in [0.1, 0.15) is 19.4 Å².